The number of fused-ring (bicyclic) bond motifs is 2. The molecule has 0 atom stereocenters. The molecule has 3 heterocycles. The number of ether oxygens (including phenoxy) is 1. The molecule has 0 N–H and O–H groups in total. The molecule has 0 aliphatic carbocycles. The second-order valence-corrected chi connectivity index (χ2v) is 5.18. The highest BCUT2D eigenvalue weighted by Crippen LogP contribution is 2.29. The summed E-state index contributed by atoms with van der Waals surface area (Å²) in [7, 11) is 0. The molecule has 2 aromatic heterocycles. The first-order chi connectivity index (χ1) is 9.79. The van der Waals surface area contributed by atoms with E-state index in [0.717, 1.165) is 47.8 Å². The van der Waals surface area contributed by atoms with E-state index in [1.165, 1.54) is 5.56 Å². The van der Waals surface area contributed by atoms with Crippen LogP contribution in [-0.4, -0.2) is 21.2 Å². The Balaban J connectivity index is 1.81. The van der Waals surface area contributed by atoms with Gasteiger partial charge in [0.15, 0.2) is 5.65 Å². The van der Waals surface area contributed by atoms with Crippen LogP contribution in [0.2, 0.25) is 0 Å². The van der Waals surface area contributed by atoms with Crippen molar-refractivity contribution in [1.29, 1.82) is 0 Å². The van der Waals surface area contributed by atoms with Crippen molar-refractivity contribution in [2.75, 3.05) is 6.61 Å². The van der Waals surface area contributed by atoms with Crippen molar-refractivity contribution in [3.63, 3.8) is 0 Å². The molecule has 20 heavy (non-hydrogen) atoms. The molecule has 1 aromatic carbocycles. The van der Waals surface area contributed by atoms with E-state index in [9.17, 15) is 0 Å². The number of hydrogen-bond acceptors (Lipinski definition) is 3. The largest absolute Gasteiger partial charge is 0.493 e. The minimum atomic E-state index is 0.824. The molecule has 0 radical (unpaired) electrons. The van der Waals surface area contributed by atoms with Crippen LogP contribution < -0.4 is 4.74 Å². The summed E-state index contributed by atoms with van der Waals surface area (Å²) >= 11 is 0. The molecule has 0 fully saturated rings. The van der Waals surface area contributed by atoms with Gasteiger partial charge >= 0.3 is 0 Å². The van der Waals surface area contributed by atoms with Gasteiger partial charge in [0.05, 0.1) is 24.2 Å². The summed E-state index contributed by atoms with van der Waals surface area (Å²) in [6.45, 7) is 2.80. The van der Waals surface area contributed by atoms with E-state index in [1.807, 2.05) is 29.8 Å². The van der Waals surface area contributed by atoms with Crippen LogP contribution in [0.4, 0.5) is 0 Å². The molecule has 0 saturated heterocycles. The fourth-order valence-electron chi connectivity index (χ4n) is 2.67. The van der Waals surface area contributed by atoms with Crippen molar-refractivity contribution in [3.8, 4) is 17.0 Å². The summed E-state index contributed by atoms with van der Waals surface area (Å²) in [5.41, 5.74) is 5.23. The Morgan fingerprint density at radius 3 is 3.10 bits per heavy atom. The van der Waals surface area contributed by atoms with Crippen molar-refractivity contribution >= 4 is 5.65 Å². The van der Waals surface area contributed by atoms with Gasteiger partial charge in [-0.2, -0.15) is 5.10 Å². The second kappa shape index (κ2) is 4.34. The third kappa shape index (κ3) is 1.84. The molecule has 0 unspecified atom stereocenters. The van der Waals surface area contributed by atoms with E-state index in [4.69, 9.17) is 4.74 Å². The highest BCUT2D eigenvalue weighted by Gasteiger charge is 2.12. The SMILES string of the molecule is Cc1cn2nc(-c3ccc4c(c3)CCCO4)ccc2n1. The van der Waals surface area contributed by atoms with Gasteiger partial charge in [0.25, 0.3) is 0 Å². The lowest BCUT2D eigenvalue weighted by Gasteiger charge is -2.17. The highest BCUT2D eigenvalue weighted by molar-refractivity contribution is 5.63. The number of aromatic nitrogens is 3. The molecule has 4 nitrogen and oxygen atoms in total. The second-order valence-electron chi connectivity index (χ2n) is 5.18. The molecule has 0 saturated carbocycles. The first-order valence-corrected chi connectivity index (χ1v) is 6.89. The van der Waals surface area contributed by atoms with Crippen molar-refractivity contribution < 1.29 is 4.74 Å². The molecule has 1 aliphatic rings. The minimum absolute atomic E-state index is 0.824. The van der Waals surface area contributed by atoms with Gasteiger partial charge in [-0.3, -0.25) is 0 Å². The van der Waals surface area contributed by atoms with Crippen LogP contribution in [0.3, 0.4) is 0 Å². The summed E-state index contributed by atoms with van der Waals surface area (Å²) < 4.78 is 7.49. The van der Waals surface area contributed by atoms with Crippen LogP contribution in [0.25, 0.3) is 16.9 Å². The highest BCUT2D eigenvalue weighted by atomic mass is 16.5. The van der Waals surface area contributed by atoms with E-state index in [2.05, 4.69) is 28.3 Å². The van der Waals surface area contributed by atoms with Crippen molar-refractivity contribution in [1.82, 2.24) is 14.6 Å². The van der Waals surface area contributed by atoms with E-state index >= 15 is 0 Å². The van der Waals surface area contributed by atoms with Gasteiger partial charge in [-0.25, -0.2) is 9.50 Å². The maximum absolute atomic E-state index is 5.65. The smallest absolute Gasteiger partial charge is 0.153 e. The number of hydrogen-bond donors (Lipinski definition) is 0. The number of rotatable bonds is 1. The van der Waals surface area contributed by atoms with E-state index < -0.39 is 0 Å². The summed E-state index contributed by atoms with van der Waals surface area (Å²) in [4.78, 5) is 4.40. The quantitative estimate of drug-likeness (QED) is 0.679. The third-order valence-corrected chi connectivity index (χ3v) is 3.64. The monoisotopic (exact) mass is 265 g/mol. The molecule has 100 valence electrons. The predicted octanol–water partition coefficient (Wildman–Crippen LogP) is 3.03. The summed E-state index contributed by atoms with van der Waals surface area (Å²) in [6, 6.07) is 10.3. The normalized spacial score (nSPS) is 14.1. The van der Waals surface area contributed by atoms with Gasteiger partial charge in [-0.15, -0.1) is 0 Å². The first-order valence-electron chi connectivity index (χ1n) is 6.89. The zero-order chi connectivity index (χ0) is 13.5. The van der Waals surface area contributed by atoms with Gasteiger partial charge in [-0.1, -0.05) is 0 Å². The molecular weight excluding hydrogens is 250 g/mol. The van der Waals surface area contributed by atoms with Crippen LogP contribution in [0.15, 0.2) is 36.5 Å². The average molecular weight is 265 g/mol. The lowest BCUT2D eigenvalue weighted by atomic mass is 10.0. The number of nitrogens with zero attached hydrogens (tertiary/aromatic N) is 3. The van der Waals surface area contributed by atoms with Crippen LogP contribution in [0, 0.1) is 6.92 Å². The zero-order valence-electron chi connectivity index (χ0n) is 11.3. The minimum Gasteiger partial charge on any atom is -0.493 e. The van der Waals surface area contributed by atoms with Gasteiger partial charge in [0.2, 0.25) is 0 Å². The standard InChI is InChI=1S/C16H15N3O/c1-11-10-19-16(17-11)7-5-14(18-19)12-4-6-15-13(9-12)3-2-8-20-15/h4-7,9-10H,2-3,8H2,1H3. The van der Waals surface area contributed by atoms with E-state index in [0.29, 0.717) is 0 Å². The number of imidazole rings is 1. The van der Waals surface area contributed by atoms with E-state index in [1.54, 1.807) is 0 Å². The Morgan fingerprint density at radius 2 is 2.15 bits per heavy atom. The topological polar surface area (TPSA) is 39.4 Å². The lowest BCUT2D eigenvalue weighted by molar-refractivity contribution is 0.288. The average Bonchev–Trinajstić information content (AvgIpc) is 2.85. The summed E-state index contributed by atoms with van der Waals surface area (Å²) in [6.07, 6.45) is 4.11. The predicted molar refractivity (Wildman–Crippen MR) is 77.0 cm³/mol. The molecule has 3 aromatic rings. The lowest BCUT2D eigenvalue weighted by Crippen LogP contribution is -2.08. The van der Waals surface area contributed by atoms with Crippen LogP contribution in [0.5, 0.6) is 5.75 Å². The van der Waals surface area contributed by atoms with Crippen molar-refractivity contribution in [2.24, 2.45) is 0 Å². The summed E-state index contributed by atoms with van der Waals surface area (Å²) in [5.74, 6) is 1.01. The van der Waals surface area contributed by atoms with Crippen LogP contribution >= 0.6 is 0 Å². The van der Waals surface area contributed by atoms with Crippen molar-refractivity contribution in [3.05, 3.63) is 47.8 Å². The molecule has 4 rings (SSSR count). The molecular formula is C16H15N3O. The maximum Gasteiger partial charge on any atom is 0.153 e. The fourth-order valence-corrected chi connectivity index (χ4v) is 2.67. The zero-order valence-corrected chi connectivity index (χ0v) is 11.3. The Morgan fingerprint density at radius 1 is 1.20 bits per heavy atom. The molecule has 0 bridgehead atoms. The Labute approximate surface area is 117 Å². The fraction of sp³-hybridized carbons (Fsp3) is 0.250. The molecule has 0 spiro atoms. The van der Waals surface area contributed by atoms with Crippen LogP contribution in [-0.2, 0) is 6.42 Å². The summed E-state index contributed by atoms with van der Waals surface area (Å²) in [5, 5.41) is 4.63. The Kier molecular flexibility index (Phi) is 2.49. The van der Waals surface area contributed by atoms with Crippen LogP contribution in [0.1, 0.15) is 17.7 Å². The van der Waals surface area contributed by atoms with Crippen molar-refractivity contribution in [2.45, 2.75) is 19.8 Å². The molecule has 0 amide bonds. The first kappa shape index (κ1) is 11.5. The van der Waals surface area contributed by atoms with E-state index in [-0.39, 0.29) is 0 Å². The number of benzene rings is 1. The van der Waals surface area contributed by atoms with Gasteiger partial charge < -0.3 is 4.74 Å². The van der Waals surface area contributed by atoms with Gasteiger partial charge in [-0.05, 0) is 55.7 Å². The maximum atomic E-state index is 5.65. The van der Waals surface area contributed by atoms with Gasteiger partial charge in [0, 0.05) is 5.56 Å². The third-order valence-electron chi connectivity index (χ3n) is 3.64. The molecule has 1 aliphatic heterocycles. The Bertz CT molecular complexity index is 792. The number of aryl methyl sites for hydroxylation is 2. The molecule has 4 heteroatoms. The van der Waals surface area contributed by atoms with Gasteiger partial charge in [0.1, 0.15) is 5.75 Å². The Hall–Kier alpha value is -2.36.